The summed E-state index contributed by atoms with van der Waals surface area (Å²) in [5.41, 5.74) is -1.29. The number of carbonyl (C=O) groups excluding carboxylic acids is 2. The molecule has 118 valence electrons. The summed E-state index contributed by atoms with van der Waals surface area (Å²) in [6, 6.07) is 3.46. The zero-order chi connectivity index (χ0) is 16.9. The van der Waals surface area contributed by atoms with E-state index in [9.17, 15) is 31.5 Å². The van der Waals surface area contributed by atoms with Crippen LogP contribution in [0.2, 0.25) is 0 Å². The Morgan fingerprint density at radius 2 is 1.61 bits per heavy atom. The number of hydrogen-bond acceptors (Lipinski definition) is 2. The number of halogens is 5. The van der Waals surface area contributed by atoms with E-state index in [0.717, 1.165) is 18.2 Å². The molecular weight excluding hydrogens is 321 g/mol. The lowest BCUT2D eigenvalue weighted by atomic mass is 9.99. The molecule has 0 bridgehead atoms. The first-order chi connectivity index (χ1) is 10.8. The summed E-state index contributed by atoms with van der Waals surface area (Å²) in [5, 5.41) is 2.18. The Morgan fingerprint density at radius 1 is 0.913 bits per heavy atom. The number of benzene rings is 2. The molecule has 1 aliphatic heterocycles. The van der Waals surface area contributed by atoms with Gasteiger partial charge in [0.2, 0.25) is 0 Å². The summed E-state index contributed by atoms with van der Waals surface area (Å²) < 4.78 is 67.3. The summed E-state index contributed by atoms with van der Waals surface area (Å²) in [6.07, 6.45) is -2.32. The summed E-state index contributed by atoms with van der Waals surface area (Å²) in [6.45, 7) is 0. The molecule has 0 aromatic heterocycles. The quantitative estimate of drug-likeness (QED) is 0.397. The first kappa shape index (κ1) is 15.1. The maximum Gasteiger partial charge on any atom is 0.296 e. The second-order valence-electron chi connectivity index (χ2n) is 4.84. The minimum Gasteiger partial charge on any atom is -0.318 e. The Morgan fingerprint density at radius 3 is 2.30 bits per heavy atom. The van der Waals surface area contributed by atoms with Crippen LogP contribution in [0.3, 0.4) is 0 Å². The molecule has 1 amide bonds. The Hall–Kier alpha value is -2.77. The van der Waals surface area contributed by atoms with E-state index in [0.29, 0.717) is 0 Å². The fourth-order valence-corrected chi connectivity index (χ4v) is 2.28. The van der Waals surface area contributed by atoms with Gasteiger partial charge in [0.15, 0.2) is 29.4 Å². The Balaban J connectivity index is 2.06. The lowest BCUT2D eigenvalue weighted by Crippen LogP contribution is -2.12. The van der Waals surface area contributed by atoms with E-state index in [1.54, 1.807) is 0 Å². The van der Waals surface area contributed by atoms with Crippen LogP contribution in [-0.4, -0.2) is 11.7 Å². The molecule has 0 saturated carbocycles. The minimum absolute atomic E-state index is 0.00268. The summed E-state index contributed by atoms with van der Waals surface area (Å²) in [4.78, 5) is 22.6. The van der Waals surface area contributed by atoms with Gasteiger partial charge in [-0.3, -0.25) is 9.59 Å². The number of rotatable bonds is 2. The fourth-order valence-electron chi connectivity index (χ4n) is 2.28. The van der Waals surface area contributed by atoms with Crippen LogP contribution in [0.1, 0.15) is 27.7 Å². The van der Waals surface area contributed by atoms with Crippen molar-refractivity contribution in [1.82, 2.24) is 0 Å². The first-order valence-corrected chi connectivity index (χ1v) is 6.28. The first-order valence-electron chi connectivity index (χ1n) is 6.28. The highest BCUT2D eigenvalue weighted by Gasteiger charge is 2.30. The van der Waals surface area contributed by atoms with Crippen LogP contribution in [0, 0.1) is 23.3 Å². The second kappa shape index (κ2) is 5.15. The number of amides is 1. The summed E-state index contributed by atoms with van der Waals surface area (Å²) in [5.74, 6) is -9.45. The number of alkyl halides is 1. The third kappa shape index (κ3) is 2.26. The van der Waals surface area contributed by atoms with E-state index in [1.807, 2.05) is 0 Å². The Bertz CT molecular complexity index is 865. The minimum atomic E-state index is -2.32. The number of anilines is 1. The number of Topliss-reactive ketones (excluding diaryl/α,β-unsaturated/α-hetero) is 1. The average Bonchev–Trinajstić information content (AvgIpc) is 2.82. The normalized spacial score (nSPS) is 14.7. The lowest BCUT2D eigenvalue weighted by molar-refractivity contribution is -0.112. The highest BCUT2D eigenvalue weighted by molar-refractivity contribution is 6.51. The monoisotopic (exact) mass is 327 g/mol. The number of hydrogen-bond donors (Lipinski definition) is 1. The van der Waals surface area contributed by atoms with Crippen LogP contribution >= 0.6 is 0 Å². The number of nitrogens with one attached hydrogen (secondary N) is 1. The molecular formula is C15H6F5NO2. The van der Waals surface area contributed by atoms with Crippen molar-refractivity contribution in [2.45, 2.75) is 6.17 Å². The fraction of sp³-hybridized carbons (Fsp3) is 0.0667. The highest BCUT2D eigenvalue weighted by atomic mass is 19.2. The van der Waals surface area contributed by atoms with Crippen LogP contribution in [0.5, 0.6) is 0 Å². The largest absolute Gasteiger partial charge is 0.318 e. The van der Waals surface area contributed by atoms with Crippen LogP contribution < -0.4 is 5.32 Å². The van der Waals surface area contributed by atoms with Crippen molar-refractivity contribution in [2.75, 3.05) is 5.32 Å². The molecule has 2 aromatic carbocycles. The maximum absolute atomic E-state index is 14.4. The molecule has 0 spiro atoms. The van der Waals surface area contributed by atoms with Crippen molar-refractivity contribution in [3.05, 3.63) is 64.2 Å². The van der Waals surface area contributed by atoms with E-state index in [-0.39, 0.29) is 22.9 Å². The zero-order valence-electron chi connectivity index (χ0n) is 11.1. The molecule has 3 rings (SSSR count). The molecule has 2 aromatic rings. The van der Waals surface area contributed by atoms with Crippen LogP contribution in [0.4, 0.5) is 27.6 Å². The van der Waals surface area contributed by atoms with Crippen molar-refractivity contribution >= 4 is 17.4 Å². The summed E-state index contributed by atoms with van der Waals surface area (Å²) in [7, 11) is 0. The topological polar surface area (TPSA) is 46.2 Å². The number of ketones is 1. The second-order valence-corrected chi connectivity index (χ2v) is 4.84. The van der Waals surface area contributed by atoms with Gasteiger partial charge in [-0.25, -0.2) is 22.0 Å². The van der Waals surface area contributed by atoms with E-state index in [4.69, 9.17) is 0 Å². The van der Waals surface area contributed by atoms with Crippen molar-refractivity contribution in [1.29, 1.82) is 0 Å². The van der Waals surface area contributed by atoms with Crippen molar-refractivity contribution in [2.24, 2.45) is 0 Å². The van der Waals surface area contributed by atoms with Crippen LogP contribution in [-0.2, 0) is 4.79 Å². The predicted octanol–water partition coefficient (Wildman–Crippen LogP) is 3.44. The van der Waals surface area contributed by atoms with Gasteiger partial charge in [-0.2, -0.15) is 0 Å². The van der Waals surface area contributed by atoms with Gasteiger partial charge in [0.05, 0.1) is 11.3 Å². The summed E-state index contributed by atoms with van der Waals surface area (Å²) >= 11 is 0. The van der Waals surface area contributed by atoms with Gasteiger partial charge in [-0.15, -0.1) is 0 Å². The van der Waals surface area contributed by atoms with Gasteiger partial charge in [-0.05, 0) is 23.8 Å². The van der Waals surface area contributed by atoms with Crippen LogP contribution in [0.25, 0.3) is 0 Å². The molecule has 23 heavy (non-hydrogen) atoms. The van der Waals surface area contributed by atoms with Crippen LogP contribution in [0.15, 0.2) is 24.3 Å². The number of fused-ring (bicyclic) bond motifs is 1. The average molecular weight is 327 g/mol. The van der Waals surface area contributed by atoms with Gasteiger partial charge in [0.25, 0.3) is 11.7 Å². The predicted molar refractivity (Wildman–Crippen MR) is 68.6 cm³/mol. The lowest BCUT2D eigenvalue weighted by Gasteiger charge is -2.12. The molecule has 1 aliphatic rings. The standard InChI is InChI=1S/C15H6F5NO2/c16-8-4-7(11(18)13(20)12(8)19)10(17)5-1-2-6-9(3-5)21-15(23)14(6)22/h1-4,10H,(H,21,22,23). The van der Waals surface area contributed by atoms with Gasteiger partial charge in [0.1, 0.15) is 0 Å². The Kier molecular flexibility index (Phi) is 3.39. The molecule has 0 radical (unpaired) electrons. The van der Waals surface area contributed by atoms with Crippen molar-refractivity contribution in [3.8, 4) is 0 Å². The van der Waals surface area contributed by atoms with E-state index in [1.165, 1.54) is 0 Å². The van der Waals surface area contributed by atoms with Crippen molar-refractivity contribution in [3.63, 3.8) is 0 Å². The molecule has 1 atom stereocenters. The zero-order valence-corrected chi connectivity index (χ0v) is 11.1. The van der Waals surface area contributed by atoms with E-state index in [2.05, 4.69) is 5.32 Å². The highest BCUT2D eigenvalue weighted by Crippen LogP contribution is 2.34. The number of carbonyl (C=O) groups is 2. The Labute approximate surface area is 125 Å². The van der Waals surface area contributed by atoms with Gasteiger partial charge < -0.3 is 5.32 Å². The third-order valence-electron chi connectivity index (χ3n) is 3.44. The molecule has 8 heteroatoms. The van der Waals surface area contributed by atoms with Crippen molar-refractivity contribution < 1.29 is 31.5 Å². The molecule has 1 unspecified atom stereocenters. The molecule has 0 fully saturated rings. The van der Waals surface area contributed by atoms with Gasteiger partial charge in [0, 0.05) is 5.56 Å². The molecule has 0 aliphatic carbocycles. The molecule has 3 nitrogen and oxygen atoms in total. The van der Waals surface area contributed by atoms with E-state index < -0.39 is 46.7 Å². The van der Waals surface area contributed by atoms with Gasteiger partial charge in [-0.1, -0.05) is 6.07 Å². The maximum atomic E-state index is 14.4. The molecule has 1 heterocycles. The molecule has 0 saturated heterocycles. The van der Waals surface area contributed by atoms with E-state index >= 15 is 0 Å². The van der Waals surface area contributed by atoms with Gasteiger partial charge >= 0.3 is 0 Å². The SMILES string of the molecule is O=C1Nc2cc(C(F)c3cc(F)c(F)c(F)c3F)ccc2C1=O. The smallest absolute Gasteiger partial charge is 0.296 e. The third-order valence-corrected chi connectivity index (χ3v) is 3.44. The molecule has 1 N–H and O–H groups in total.